The fourth-order valence-electron chi connectivity index (χ4n) is 3.18. The molecule has 0 bridgehead atoms. The van der Waals surface area contributed by atoms with Crippen LogP contribution >= 0.6 is 23.2 Å². The van der Waals surface area contributed by atoms with Crippen LogP contribution in [0.25, 0.3) is 0 Å². The van der Waals surface area contributed by atoms with Crippen LogP contribution in [0.2, 0.25) is 10.0 Å². The van der Waals surface area contributed by atoms with Crippen LogP contribution in [0.5, 0.6) is 0 Å². The Labute approximate surface area is 169 Å². The Morgan fingerprint density at radius 1 is 1.07 bits per heavy atom. The second-order valence-electron chi connectivity index (χ2n) is 6.28. The number of hydrogen-bond donors (Lipinski definition) is 1. The fourth-order valence-corrected chi connectivity index (χ4v) is 3.69. The normalized spacial score (nSPS) is 20.6. The number of benzene rings is 2. The Bertz CT molecular complexity index is 989. The molecule has 1 N–H and O–H groups in total. The van der Waals surface area contributed by atoms with Crippen molar-refractivity contribution in [1.29, 1.82) is 0 Å². The van der Waals surface area contributed by atoms with Gasteiger partial charge in [-0.1, -0.05) is 53.5 Å². The van der Waals surface area contributed by atoms with Gasteiger partial charge in [0.25, 0.3) is 5.91 Å². The smallest absolute Gasteiger partial charge is 0.355 e. The second kappa shape index (κ2) is 7.26. The lowest BCUT2D eigenvalue weighted by Gasteiger charge is -2.16. The molecule has 142 valence electrons. The van der Waals surface area contributed by atoms with Gasteiger partial charge >= 0.3 is 5.97 Å². The minimum Gasteiger partial charge on any atom is -0.456 e. The van der Waals surface area contributed by atoms with Crippen molar-refractivity contribution in [2.24, 2.45) is 11.0 Å². The molecule has 2 heterocycles. The molecule has 0 spiro atoms. The van der Waals surface area contributed by atoms with Crippen LogP contribution in [0.15, 0.2) is 53.6 Å². The highest BCUT2D eigenvalue weighted by molar-refractivity contribution is 6.46. The number of fused-ring (bicyclic) bond motifs is 1. The zero-order valence-corrected chi connectivity index (χ0v) is 15.8. The third-order valence-corrected chi connectivity index (χ3v) is 4.89. The van der Waals surface area contributed by atoms with E-state index < -0.39 is 29.7 Å². The summed E-state index contributed by atoms with van der Waals surface area (Å²) in [5, 5.41) is 4.43. The number of hydrogen-bond acceptors (Lipinski definition) is 6. The van der Waals surface area contributed by atoms with Gasteiger partial charge in [0.15, 0.2) is 5.71 Å². The predicted octanol–water partition coefficient (Wildman–Crippen LogP) is 2.55. The zero-order chi connectivity index (χ0) is 19.8. The SMILES string of the molecule is O=C(OCc1ccccc1)C1=NN[C@H]2C(=O)N(c3cc(Cl)cc(Cl)c3)C(=O)[C@@H]12. The Hall–Kier alpha value is -2.90. The van der Waals surface area contributed by atoms with Crippen molar-refractivity contribution in [1.82, 2.24) is 5.43 Å². The van der Waals surface area contributed by atoms with E-state index in [1.807, 2.05) is 18.2 Å². The summed E-state index contributed by atoms with van der Waals surface area (Å²) in [5.74, 6) is -2.94. The molecular weight excluding hydrogens is 405 g/mol. The van der Waals surface area contributed by atoms with Gasteiger partial charge in [-0.25, -0.2) is 9.69 Å². The summed E-state index contributed by atoms with van der Waals surface area (Å²) in [5.41, 5.74) is 3.47. The van der Waals surface area contributed by atoms with E-state index in [-0.39, 0.29) is 28.1 Å². The van der Waals surface area contributed by atoms with E-state index in [2.05, 4.69) is 10.5 Å². The summed E-state index contributed by atoms with van der Waals surface area (Å²) in [6.45, 7) is 0.0336. The summed E-state index contributed by atoms with van der Waals surface area (Å²) >= 11 is 12.0. The number of nitrogens with one attached hydrogen (secondary N) is 1. The monoisotopic (exact) mass is 417 g/mol. The average molecular weight is 418 g/mol. The Morgan fingerprint density at radius 3 is 2.43 bits per heavy atom. The maximum Gasteiger partial charge on any atom is 0.355 e. The molecule has 2 atom stereocenters. The van der Waals surface area contributed by atoms with Crippen LogP contribution < -0.4 is 10.3 Å². The van der Waals surface area contributed by atoms with Gasteiger partial charge in [0.2, 0.25) is 5.91 Å². The van der Waals surface area contributed by atoms with Gasteiger partial charge in [-0.05, 0) is 23.8 Å². The van der Waals surface area contributed by atoms with Gasteiger partial charge in [-0.15, -0.1) is 0 Å². The van der Waals surface area contributed by atoms with E-state index >= 15 is 0 Å². The number of ether oxygens (including phenoxy) is 1. The lowest BCUT2D eigenvalue weighted by Crippen LogP contribution is -2.36. The van der Waals surface area contributed by atoms with Crippen molar-refractivity contribution < 1.29 is 19.1 Å². The molecule has 0 radical (unpaired) electrons. The predicted molar refractivity (Wildman–Crippen MR) is 103 cm³/mol. The molecule has 1 fully saturated rings. The van der Waals surface area contributed by atoms with Crippen LogP contribution in [-0.2, 0) is 25.7 Å². The van der Waals surface area contributed by atoms with Crippen LogP contribution in [0.4, 0.5) is 5.69 Å². The van der Waals surface area contributed by atoms with E-state index in [0.717, 1.165) is 10.5 Å². The Kier molecular flexibility index (Phi) is 4.78. The lowest BCUT2D eigenvalue weighted by molar-refractivity contribution is -0.137. The number of halogens is 2. The van der Waals surface area contributed by atoms with E-state index in [9.17, 15) is 14.4 Å². The number of imide groups is 1. The minimum absolute atomic E-state index is 0.0336. The quantitative estimate of drug-likeness (QED) is 0.609. The zero-order valence-electron chi connectivity index (χ0n) is 14.3. The van der Waals surface area contributed by atoms with Gasteiger partial charge < -0.3 is 4.74 Å². The summed E-state index contributed by atoms with van der Waals surface area (Å²) in [4.78, 5) is 39.0. The number of amides is 2. The molecule has 0 aromatic heterocycles. The van der Waals surface area contributed by atoms with Gasteiger partial charge in [0.05, 0.1) is 5.69 Å². The molecule has 2 aromatic rings. The number of anilines is 1. The molecule has 7 nitrogen and oxygen atoms in total. The van der Waals surface area contributed by atoms with Gasteiger partial charge in [0.1, 0.15) is 18.6 Å². The van der Waals surface area contributed by atoms with Crippen molar-refractivity contribution in [3.63, 3.8) is 0 Å². The third-order valence-electron chi connectivity index (χ3n) is 4.45. The molecule has 2 aliphatic rings. The number of hydrazone groups is 1. The molecule has 2 aliphatic heterocycles. The maximum atomic E-state index is 12.9. The van der Waals surface area contributed by atoms with Crippen LogP contribution in [0.3, 0.4) is 0 Å². The summed E-state index contributed by atoms with van der Waals surface area (Å²) in [6.07, 6.45) is 0. The summed E-state index contributed by atoms with van der Waals surface area (Å²) in [7, 11) is 0. The van der Waals surface area contributed by atoms with E-state index in [1.54, 1.807) is 12.1 Å². The molecule has 4 rings (SSSR count). The number of rotatable bonds is 4. The standard InChI is InChI=1S/C19H13Cl2N3O4/c20-11-6-12(21)8-13(7-11)24-17(25)14-15(18(24)26)22-23-16(14)19(27)28-9-10-4-2-1-3-5-10/h1-8,14-15,22H,9H2/t14-,15-/m1/s1. The fraction of sp³-hybridized carbons (Fsp3) is 0.158. The molecule has 2 aromatic carbocycles. The Morgan fingerprint density at radius 2 is 1.75 bits per heavy atom. The first-order valence-corrected chi connectivity index (χ1v) is 9.09. The first-order chi connectivity index (χ1) is 13.5. The van der Waals surface area contributed by atoms with Gasteiger partial charge in [-0.2, -0.15) is 5.10 Å². The minimum atomic E-state index is -1.06. The average Bonchev–Trinajstić information content (AvgIpc) is 3.20. The van der Waals surface area contributed by atoms with Crippen LogP contribution in [0.1, 0.15) is 5.56 Å². The first kappa shape index (κ1) is 18.5. The van der Waals surface area contributed by atoms with Crippen LogP contribution in [0, 0.1) is 5.92 Å². The molecule has 0 aliphatic carbocycles. The molecule has 0 unspecified atom stereocenters. The third kappa shape index (κ3) is 3.23. The molecule has 28 heavy (non-hydrogen) atoms. The number of carbonyl (C=O) groups is 3. The van der Waals surface area contributed by atoms with Gasteiger partial charge in [-0.3, -0.25) is 15.0 Å². The van der Waals surface area contributed by atoms with Gasteiger partial charge in [0, 0.05) is 10.0 Å². The van der Waals surface area contributed by atoms with Crippen molar-refractivity contribution in [2.45, 2.75) is 12.6 Å². The second-order valence-corrected chi connectivity index (χ2v) is 7.16. The number of nitrogens with zero attached hydrogens (tertiary/aromatic N) is 2. The number of carbonyl (C=O) groups excluding carboxylic acids is 3. The van der Waals surface area contributed by atoms with Crippen molar-refractivity contribution in [3.05, 3.63) is 64.1 Å². The molecule has 1 saturated heterocycles. The maximum absolute atomic E-state index is 12.9. The van der Waals surface area contributed by atoms with Crippen molar-refractivity contribution in [2.75, 3.05) is 4.90 Å². The van der Waals surface area contributed by atoms with E-state index in [4.69, 9.17) is 27.9 Å². The highest BCUT2D eigenvalue weighted by atomic mass is 35.5. The molecule has 2 amide bonds. The summed E-state index contributed by atoms with van der Waals surface area (Å²) in [6, 6.07) is 12.5. The van der Waals surface area contributed by atoms with Crippen molar-refractivity contribution in [3.8, 4) is 0 Å². The van der Waals surface area contributed by atoms with E-state index in [1.165, 1.54) is 18.2 Å². The highest BCUT2D eigenvalue weighted by Crippen LogP contribution is 2.33. The molecule has 0 saturated carbocycles. The van der Waals surface area contributed by atoms with Crippen molar-refractivity contribution >= 4 is 52.4 Å². The lowest BCUT2D eigenvalue weighted by atomic mass is 9.99. The molecule has 9 heteroatoms. The largest absolute Gasteiger partial charge is 0.456 e. The summed E-state index contributed by atoms with van der Waals surface area (Å²) < 4.78 is 5.25. The van der Waals surface area contributed by atoms with Crippen LogP contribution in [-0.4, -0.2) is 29.5 Å². The number of esters is 1. The van der Waals surface area contributed by atoms with E-state index in [0.29, 0.717) is 0 Å². The highest BCUT2D eigenvalue weighted by Gasteiger charge is 2.55. The topological polar surface area (TPSA) is 88.1 Å². The molecular formula is C19H13Cl2N3O4. The first-order valence-electron chi connectivity index (χ1n) is 8.34. The Balaban J connectivity index is 1.54.